The van der Waals surface area contributed by atoms with E-state index in [1.807, 2.05) is 24.3 Å². The van der Waals surface area contributed by atoms with E-state index in [0.717, 1.165) is 23.3 Å². The molecule has 25 heavy (non-hydrogen) atoms. The van der Waals surface area contributed by atoms with Crippen LogP contribution in [0.5, 0.6) is 5.75 Å². The Balaban J connectivity index is 1.64. The van der Waals surface area contributed by atoms with Gasteiger partial charge in [0.05, 0.1) is 0 Å². The number of hydrogen-bond donors (Lipinski definition) is 1. The van der Waals surface area contributed by atoms with Crippen molar-refractivity contribution in [2.45, 2.75) is 33.1 Å². The van der Waals surface area contributed by atoms with E-state index in [9.17, 15) is 4.79 Å². The fraction of sp³-hybridized carbons (Fsp3) is 0.300. The van der Waals surface area contributed by atoms with Crippen molar-refractivity contribution in [2.75, 3.05) is 11.9 Å². The number of nitrogens with zero attached hydrogens (tertiary/aromatic N) is 1. The van der Waals surface area contributed by atoms with Crippen LogP contribution in [0.15, 0.2) is 46.9 Å². The van der Waals surface area contributed by atoms with Gasteiger partial charge in [-0.15, -0.1) is 0 Å². The van der Waals surface area contributed by atoms with Crippen LogP contribution in [0.2, 0.25) is 0 Å². The van der Waals surface area contributed by atoms with Gasteiger partial charge in [-0.25, -0.2) is 4.98 Å². The monoisotopic (exact) mass is 338 g/mol. The average Bonchev–Trinajstić information content (AvgIpc) is 2.99. The number of benzene rings is 2. The summed E-state index contributed by atoms with van der Waals surface area (Å²) in [6.07, 6.45) is 1.02. The number of para-hydroxylation sites is 1. The van der Waals surface area contributed by atoms with E-state index in [0.29, 0.717) is 23.1 Å². The van der Waals surface area contributed by atoms with Crippen LogP contribution in [0, 0.1) is 6.92 Å². The summed E-state index contributed by atoms with van der Waals surface area (Å²) < 4.78 is 11.2. The molecule has 5 heteroatoms. The number of carbonyl (C=O) groups excluding carboxylic acids is 1. The van der Waals surface area contributed by atoms with Gasteiger partial charge < -0.3 is 14.5 Å². The lowest BCUT2D eigenvalue weighted by molar-refractivity contribution is -0.118. The van der Waals surface area contributed by atoms with Gasteiger partial charge in [-0.1, -0.05) is 32.0 Å². The van der Waals surface area contributed by atoms with Crippen molar-refractivity contribution in [2.24, 2.45) is 0 Å². The number of oxazole rings is 1. The van der Waals surface area contributed by atoms with Gasteiger partial charge >= 0.3 is 0 Å². The summed E-state index contributed by atoms with van der Waals surface area (Å²) in [7, 11) is 0. The van der Waals surface area contributed by atoms with E-state index in [1.54, 1.807) is 25.1 Å². The van der Waals surface area contributed by atoms with Gasteiger partial charge in [-0.3, -0.25) is 4.79 Å². The van der Waals surface area contributed by atoms with Gasteiger partial charge in [-0.2, -0.15) is 0 Å². The summed E-state index contributed by atoms with van der Waals surface area (Å²) in [4.78, 5) is 16.5. The number of nitrogens with one attached hydrogen (secondary N) is 1. The van der Waals surface area contributed by atoms with E-state index in [1.165, 1.54) is 0 Å². The van der Waals surface area contributed by atoms with Crippen LogP contribution in [0.3, 0.4) is 0 Å². The first-order chi connectivity index (χ1) is 12.1. The third-order valence-corrected chi connectivity index (χ3v) is 4.20. The molecule has 1 N–H and O–H groups in total. The Bertz CT molecular complexity index is 886. The molecule has 0 radical (unpaired) electrons. The highest BCUT2D eigenvalue weighted by atomic mass is 16.5. The highest BCUT2D eigenvalue weighted by Crippen LogP contribution is 2.28. The molecule has 1 aromatic heterocycles. The highest BCUT2D eigenvalue weighted by Gasteiger charge is 2.12. The molecule has 1 heterocycles. The standard InChI is InChI=1S/C20H22N2O3/c1-4-13(2)16-7-5-6-8-18(16)24-12-20(23)22-15-9-10-19-17(11-15)21-14(3)25-19/h5-11,13H,4,12H2,1-3H3,(H,22,23)/t13-/m1/s1. The fourth-order valence-electron chi connectivity index (χ4n) is 2.70. The molecule has 0 aliphatic heterocycles. The molecule has 2 aromatic carbocycles. The molecule has 0 aliphatic carbocycles. The molecule has 3 rings (SSSR count). The van der Waals surface area contributed by atoms with Crippen molar-refractivity contribution in [3.63, 3.8) is 0 Å². The zero-order valence-corrected chi connectivity index (χ0v) is 14.7. The first-order valence-corrected chi connectivity index (χ1v) is 8.45. The van der Waals surface area contributed by atoms with Gasteiger partial charge in [0.2, 0.25) is 0 Å². The molecular weight excluding hydrogens is 316 g/mol. The number of aromatic nitrogens is 1. The quantitative estimate of drug-likeness (QED) is 0.709. The topological polar surface area (TPSA) is 64.4 Å². The molecule has 0 fully saturated rings. The van der Waals surface area contributed by atoms with E-state index in [-0.39, 0.29) is 12.5 Å². The largest absolute Gasteiger partial charge is 0.483 e. The molecule has 0 bridgehead atoms. The molecule has 1 amide bonds. The van der Waals surface area contributed by atoms with Crippen molar-refractivity contribution in [1.82, 2.24) is 4.98 Å². The molecule has 5 nitrogen and oxygen atoms in total. The summed E-state index contributed by atoms with van der Waals surface area (Å²) in [6, 6.07) is 13.2. The van der Waals surface area contributed by atoms with Crippen LogP contribution in [-0.4, -0.2) is 17.5 Å². The number of hydrogen-bond acceptors (Lipinski definition) is 4. The average molecular weight is 338 g/mol. The molecule has 1 atom stereocenters. The smallest absolute Gasteiger partial charge is 0.262 e. The third-order valence-electron chi connectivity index (χ3n) is 4.20. The summed E-state index contributed by atoms with van der Waals surface area (Å²) in [6.45, 7) is 6.04. The number of fused-ring (bicyclic) bond motifs is 1. The van der Waals surface area contributed by atoms with Crippen LogP contribution in [0.25, 0.3) is 11.1 Å². The van der Waals surface area contributed by atoms with Crippen molar-refractivity contribution in [1.29, 1.82) is 0 Å². The van der Waals surface area contributed by atoms with E-state index in [4.69, 9.17) is 9.15 Å². The predicted octanol–water partition coefficient (Wildman–Crippen LogP) is 4.67. The number of anilines is 1. The van der Waals surface area contributed by atoms with Gasteiger partial charge in [0, 0.05) is 12.6 Å². The maximum Gasteiger partial charge on any atom is 0.262 e. The first-order valence-electron chi connectivity index (χ1n) is 8.45. The maximum atomic E-state index is 12.2. The highest BCUT2D eigenvalue weighted by molar-refractivity contribution is 5.93. The second kappa shape index (κ2) is 7.38. The lowest BCUT2D eigenvalue weighted by atomic mass is 9.98. The van der Waals surface area contributed by atoms with Crippen molar-refractivity contribution >= 4 is 22.7 Å². The zero-order valence-electron chi connectivity index (χ0n) is 14.7. The van der Waals surface area contributed by atoms with Gasteiger partial charge in [0.15, 0.2) is 18.1 Å². The maximum absolute atomic E-state index is 12.2. The Labute approximate surface area is 147 Å². The van der Waals surface area contributed by atoms with Gasteiger partial charge in [0.1, 0.15) is 11.3 Å². The normalized spacial score (nSPS) is 12.1. The van der Waals surface area contributed by atoms with Crippen LogP contribution in [-0.2, 0) is 4.79 Å². The summed E-state index contributed by atoms with van der Waals surface area (Å²) in [5.41, 5.74) is 3.22. The van der Waals surface area contributed by atoms with Gasteiger partial charge in [0.25, 0.3) is 5.91 Å². The minimum atomic E-state index is -0.210. The number of aryl methyl sites for hydroxylation is 1. The molecule has 0 saturated heterocycles. The fourth-order valence-corrected chi connectivity index (χ4v) is 2.70. The Morgan fingerprint density at radius 3 is 2.88 bits per heavy atom. The molecule has 0 spiro atoms. The van der Waals surface area contributed by atoms with E-state index < -0.39 is 0 Å². The Kier molecular flexibility index (Phi) is 5.03. The van der Waals surface area contributed by atoms with Crippen LogP contribution < -0.4 is 10.1 Å². The Morgan fingerprint density at radius 2 is 2.08 bits per heavy atom. The Hall–Kier alpha value is -2.82. The molecule has 0 aliphatic rings. The zero-order chi connectivity index (χ0) is 17.8. The molecule has 0 unspecified atom stereocenters. The number of amides is 1. The second-order valence-corrected chi connectivity index (χ2v) is 6.10. The van der Waals surface area contributed by atoms with Gasteiger partial charge in [-0.05, 0) is 42.2 Å². The summed E-state index contributed by atoms with van der Waals surface area (Å²) in [5, 5.41) is 2.83. The van der Waals surface area contributed by atoms with Crippen molar-refractivity contribution in [3.8, 4) is 5.75 Å². The molecule has 130 valence electrons. The lowest BCUT2D eigenvalue weighted by Gasteiger charge is -2.15. The minimum absolute atomic E-state index is 0.0384. The third kappa shape index (κ3) is 3.99. The minimum Gasteiger partial charge on any atom is -0.483 e. The van der Waals surface area contributed by atoms with E-state index >= 15 is 0 Å². The van der Waals surface area contributed by atoms with Crippen LogP contribution >= 0.6 is 0 Å². The summed E-state index contributed by atoms with van der Waals surface area (Å²) >= 11 is 0. The predicted molar refractivity (Wildman–Crippen MR) is 98.0 cm³/mol. The number of rotatable bonds is 6. The second-order valence-electron chi connectivity index (χ2n) is 6.10. The molecule has 3 aromatic rings. The molecule has 0 saturated carbocycles. The van der Waals surface area contributed by atoms with Crippen molar-refractivity contribution in [3.05, 3.63) is 53.9 Å². The van der Waals surface area contributed by atoms with Crippen LogP contribution in [0.4, 0.5) is 5.69 Å². The number of carbonyl (C=O) groups is 1. The molecular formula is C20H22N2O3. The summed E-state index contributed by atoms with van der Waals surface area (Å²) in [5.74, 6) is 1.54. The van der Waals surface area contributed by atoms with Crippen LogP contribution in [0.1, 0.15) is 37.6 Å². The van der Waals surface area contributed by atoms with E-state index in [2.05, 4.69) is 24.1 Å². The van der Waals surface area contributed by atoms with Crippen molar-refractivity contribution < 1.29 is 13.9 Å². The Morgan fingerprint density at radius 1 is 1.28 bits per heavy atom. The first kappa shape index (κ1) is 17.0. The SMILES string of the molecule is CC[C@@H](C)c1ccccc1OCC(=O)Nc1ccc2oc(C)nc2c1. The lowest BCUT2D eigenvalue weighted by Crippen LogP contribution is -2.20. The number of ether oxygens (including phenoxy) is 1.